The summed E-state index contributed by atoms with van der Waals surface area (Å²) in [7, 11) is 0. The number of hydrogen-bond donors (Lipinski definition) is 1. The number of aryl methyl sites for hydroxylation is 2. The second-order valence-electron chi connectivity index (χ2n) is 12.3. The number of nitriles is 1. The van der Waals surface area contributed by atoms with Crippen molar-refractivity contribution in [2.24, 2.45) is 0 Å². The number of imidazole rings is 4. The van der Waals surface area contributed by atoms with Crippen LogP contribution in [0, 0.1) is 11.3 Å². The summed E-state index contributed by atoms with van der Waals surface area (Å²) in [6.07, 6.45) is 11.7. The van der Waals surface area contributed by atoms with Crippen molar-refractivity contribution in [3.63, 3.8) is 0 Å². The van der Waals surface area contributed by atoms with Crippen molar-refractivity contribution in [2.75, 3.05) is 0 Å². The van der Waals surface area contributed by atoms with E-state index in [0.717, 1.165) is 22.1 Å². The van der Waals surface area contributed by atoms with Gasteiger partial charge in [-0.1, -0.05) is 24.3 Å². The highest BCUT2D eigenvalue weighted by Gasteiger charge is 2.22. The van der Waals surface area contributed by atoms with Gasteiger partial charge in [-0.3, -0.25) is 18.7 Å². The monoisotopic (exact) mass is 709 g/mol. The lowest BCUT2D eigenvalue weighted by molar-refractivity contribution is 0.683. The average molecular weight is 710 g/mol. The molecule has 0 spiro atoms. The van der Waals surface area contributed by atoms with E-state index >= 15 is 0 Å². The molecule has 0 radical (unpaired) electrons. The molecule has 8 heterocycles. The average Bonchev–Trinajstić information content (AvgIpc) is 3.98. The van der Waals surface area contributed by atoms with Crippen molar-refractivity contribution < 1.29 is 0 Å². The summed E-state index contributed by atoms with van der Waals surface area (Å²) in [6, 6.07) is 22.1. The fraction of sp³-hybridized carbons (Fsp3) is 0.0541. The molecule has 54 heavy (non-hydrogen) atoms. The zero-order valence-corrected chi connectivity index (χ0v) is 27.9. The number of nitrogens with one attached hydrogen (secondary N) is 1. The van der Waals surface area contributed by atoms with Crippen molar-refractivity contribution in [3.05, 3.63) is 142 Å². The van der Waals surface area contributed by atoms with Crippen LogP contribution in [-0.2, 0) is 13.0 Å². The Balaban J connectivity index is 1.05. The number of benzene rings is 2. The Morgan fingerprint density at radius 3 is 2.33 bits per heavy atom. The van der Waals surface area contributed by atoms with Crippen molar-refractivity contribution in [3.8, 4) is 29.5 Å². The fourth-order valence-corrected chi connectivity index (χ4v) is 6.67. The van der Waals surface area contributed by atoms with Gasteiger partial charge in [-0.2, -0.15) is 15.2 Å². The van der Waals surface area contributed by atoms with Crippen molar-refractivity contribution in [1.29, 1.82) is 5.26 Å². The third-order valence-electron chi connectivity index (χ3n) is 9.23. The van der Waals surface area contributed by atoms with Crippen LogP contribution in [-0.4, -0.2) is 67.7 Å². The minimum absolute atomic E-state index is 0.266. The molecule has 10 rings (SSSR count). The lowest BCUT2D eigenvalue weighted by atomic mass is 10.2. The van der Waals surface area contributed by atoms with E-state index in [1.807, 2.05) is 30.3 Å². The molecule has 0 aliphatic heterocycles. The van der Waals surface area contributed by atoms with Crippen LogP contribution in [0.15, 0.2) is 120 Å². The number of para-hydroxylation sites is 3. The Hall–Kier alpha value is -8.13. The molecule has 258 valence electrons. The Bertz CT molecular complexity index is 3260. The molecule has 1 N–H and O–H groups in total. The highest BCUT2D eigenvalue weighted by Crippen LogP contribution is 2.24. The van der Waals surface area contributed by atoms with Gasteiger partial charge in [0.25, 0.3) is 0 Å². The molecule has 0 amide bonds. The Labute approximate surface area is 301 Å². The fourth-order valence-electron chi connectivity index (χ4n) is 6.67. The van der Waals surface area contributed by atoms with Crippen molar-refractivity contribution in [2.45, 2.75) is 13.0 Å². The molecule has 0 fully saturated rings. The molecule has 8 aromatic heterocycles. The largest absolute Gasteiger partial charge is 0.340 e. The van der Waals surface area contributed by atoms with Crippen LogP contribution in [0.25, 0.3) is 67.8 Å². The van der Waals surface area contributed by atoms with Crippen LogP contribution in [0.3, 0.4) is 0 Å². The lowest BCUT2D eigenvalue weighted by Gasteiger charge is -2.08. The van der Waals surface area contributed by atoms with E-state index in [9.17, 15) is 14.9 Å². The van der Waals surface area contributed by atoms with Gasteiger partial charge in [-0.05, 0) is 54.4 Å². The van der Waals surface area contributed by atoms with Crippen molar-refractivity contribution in [1.82, 2.24) is 67.7 Å². The van der Waals surface area contributed by atoms with Gasteiger partial charge in [0.05, 0.1) is 46.4 Å². The summed E-state index contributed by atoms with van der Waals surface area (Å²) in [5.41, 5.74) is 5.24. The minimum Gasteiger partial charge on any atom is -0.303 e. The maximum Gasteiger partial charge on any atom is 0.340 e. The molecule has 0 aliphatic rings. The van der Waals surface area contributed by atoms with Crippen LogP contribution < -0.4 is 11.4 Å². The van der Waals surface area contributed by atoms with Crippen LogP contribution in [0.5, 0.6) is 0 Å². The van der Waals surface area contributed by atoms with E-state index < -0.39 is 5.69 Å². The molecule has 0 bridgehead atoms. The second-order valence-corrected chi connectivity index (χ2v) is 12.3. The molecule has 0 saturated carbocycles. The van der Waals surface area contributed by atoms with Crippen molar-refractivity contribution >= 4 is 44.4 Å². The Morgan fingerprint density at radius 1 is 0.704 bits per heavy atom. The van der Waals surface area contributed by atoms with E-state index in [4.69, 9.17) is 9.97 Å². The molecule has 17 heteroatoms. The molecule has 0 unspecified atom stereocenters. The van der Waals surface area contributed by atoms with E-state index in [1.54, 1.807) is 93.7 Å². The molecule has 10 aromatic rings. The summed E-state index contributed by atoms with van der Waals surface area (Å²) >= 11 is 0. The summed E-state index contributed by atoms with van der Waals surface area (Å²) in [6.45, 7) is 0.274. The predicted octanol–water partition coefficient (Wildman–Crippen LogP) is 3.59. The molecular weight excluding hydrogens is 687 g/mol. The molecule has 0 atom stereocenters. The third-order valence-corrected chi connectivity index (χ3v) is 9.23. The maximum atomic E-state index is 14.4. The second kappa shape index (κ2) is 12.0. The summed E-state index contributed by atoms with van der Waals surface area (Å²) in [4.78, 5) is 66.6. The number of pyridine rings is 2. The van der Waals surface area contributed by atoms with Crippen LogP contribution in [0.4, 0.5) is 0 Å². The molecule has 0 saturated heterocycles. The van der Waals surface area contributed by atoms with Crippen LogP contribution in [0.2, 0.25) is 0 Å². The highest BCUT2D eigenvalue weighted by molar-refractivity contribution is 5.79. The van der Waals surface area contributed by atoms with Gasteiger partial charge in [0.1, 0.15) is 41.1 Å². The molecule has 17 nitrogen and oxygen atoms in total. The number of H-pyrrole nitrogens is 1. The van der Waals surface area contributed by atoms with Gasteiger partial charge in [0.15, 0.2) is 11.3 Å². The highest BCUT2D eigenvalue weighted by atomic mass is 16.2. The Kier molecular flexibility index (Phi) is 6.81. The van der Waals surface area contributed by atoms with Gasteiger partial charge in [-0.15, -0.1) is 0 Å². The standard InChI is InChI=1S/C37H23N15O2/c38-16-23-5-1-3-7-27(23)52-33-30(19-42-35(47-33)50-21-44-25-17-39-12-10-29(25)50)51(37(52)54)31-15-22(9-13-40-31)11-14-48-32-26(45-36(48)53)18-41-34(46-32)49-20-43-24-6-2-4-8-28(24)49/h1-10,12-13,15,17-21H,11,14H2,(H,45,53). The SMILES string of the molecule is N#Cc1ccccc1-n1c(=O)n(-c2cc(CCn3c(=O)[nH]c4cnc(-n5cnc6ccccc65)nc43)ccn2)c2cnc(-n3cnc4cnccc43)nc21. The zero-order valence-electron chi connectivity index (χ0n) is 27.9. The third kappa shape index (κ3) is 4.78. The predicted molar refractivity (Wildman–Crippen MR) is 196 cm³/mol. The van der Waals surface area contributed by atoms with Gasteiger partial charge in [0.2, 0.25) is 11.9 Å². The maximum absolute atomic E-state index is 14.4. The lowest BCUT2D eigenvalue weighted by Crippen LogP contribution is -2.23. The quantitative estimate of drug-likeness (QED) is 0.253. The first-order valence-corrected chi connectivity index (χ1v) is 16.7. The number of aromatic nitrogens is 14. The number of rotatable bonds is 7. The van der Waals surface area contributed by atoms with Gasteiger partial charge in [0, 0.05) is 18.9 Å². The molecule has 0 aliphatic carbocycles. The number of aromatic amines is 1. The van der Waals surface area contributed by atoms with E-state index in [-0.39, 0.29) is 29.4 Å². The number of nitrogens with zero attached hydrogens (tertiary/aromatic N) is 14. The first-order valence-electron chi connectivity index (χ1n) is 16.7. The first kappa shape index (κ1) is 30.7. The van der Waals surface area contributed by atoms with E-state index in [0.29, 0.717) is 46.1 Å². The zero-order chi connectivity index (χ0) is 36.3. The smallest absolute Gasteiger partial charge is 0.303 e. The summed E-state index contributed by atoms with van der Waals surface area (Å²) in [5.74, 6) is 0.970. The summed E-state index contributed by atoms with van der Waals surface area (Å²) < 4.78 is 7.84. The minimum atomic E-state index is -0.493. The number of fused-ring (bicyclic) bond motifs is 4. The van der Waals surface area contributed by atoms with Gasteiger partial charge >= 0.3 is 11.4 Å². The normalized spacial score (nSPS) is 11.6. The van der Waals surface area contributed by atoms with Gasteiger partial charge < -0.3 is 4.98 Å². The molecular formula is C37H23N15O2. The van der Waals surface area contributed by atoms with E-state index in [1.165, 1.54) is 9.13 Å². The van der Waals surface area contributed by atoms with Gasteiger partial charge in [-0.25, -0.2) is 43.6 Å². The molecule has 2 aromatic carbocycles. The number of hydrogen-bond acceptors (Lipinski definition) is 11. The van der Waals surface area contributed by atoms with E-state index in [2.05, 4.69) is 41.0 Å². The Morgan fingerprint density at radius 2 is 1.46 bits per heavy atom. The first-order chi connectivity index (χ1) is 26.6. The van der Waals surface area contributed by atoms with Crippen LogP contribution in [0.1, 0.15) is 11.1 Å². The van der Waals surface area contributed by atoms with Crippen LogP contribution >= 0.6 is 0 Å². The topological polar surface area (TPSA) is 201 Å². The summed E-state index contributed by atoms with van der Waals surface area (Å²) in [5, 5.41) is 9.98.